The van der Waals surface area contributed by atoms with E-state index in [4.69, 9.17) is 16.3 Å². The van der Waals surface area contributed by atoms with Gasteiger partial charge in [0.25, 0.3) is 0 Å². The van der Waals surface area contributed by atoms with Crippen molar-refractivity contribution in [3.8, 4) is 0 Å². The number of halogens is 1. The first kappa shape index (κ1) is 16.5. The molecule has 110 valence electrons. The van der Waals surface area contributed by atoms with E-state index in [0.29, 0.717) is 23.9 Å². The van der Waals surface area contributed by atoms with Crippen molar-refractivity contribution in [3.05, 3.63) is 28.8 Å². The van der Waals surface area contributed by atoms with Crippen molar-refractivity contribution in [2.75, 3.05) is 25.0 Å². The predicted octanol–water partition coefficient (Wildman–Crippen LogP) is 2.13. The van der Waals surface area contributed by atoms with Crippen LogP contribution in [0, 0.1) is 6.92 Å². The molecular formula is C14H19ClN2O3. The third kappa shape index (κ3) is 5.59. The Morgan fingerprint density at radius 3 is 2.80 bits per heavy atom. The maximum Gasteiger partial charge on any atom is 0.307 e. The molecule has 1 aromatic rings. The minimum Gasteiger partial charge on any atom is -0.466 e. The summed E-state index contributed by atoms with van der Waals surface area (Å²) in [6.07, 6.45) is 0.247. The number of carbonyl (C=O) groups is 2. The second-order valence-corrected chi connectivity index (χ2v) is 4.60. The van der Waals surface area contributed by atoms with E-state index in [1.54, 1.807) is 25.1 Å². The van der Waals surface area contributed by atoms with E-state index in [1.165, 1.54) is 0 Å². The van der Waals surface area contributed by atoms with Crippen LogP contribution in [-0.4, -0.2) is 31.6 Å². The minimum atomic E-state index is -0.272. The van der Waals surface area contributed by atoms with Gasteiger partial charge < -0.3 is 15.4 Å². The van der Waals surface area contributed by atoms with E-state index in [9.17, 15) is 9.59 Å². The molecule has 5 nitrogen and oxygen atoms in total. The molecule has 0 saturated carbocycles. The van der Waals surface area contributed by atoms with Crippen LogP contribution in [0.15, 0.2) is 18.2 Å². The molecule has 2 N–H and O–H groups in total. The average molecular weight is 299 g/mol. The van der Waals surface area contributed by atoms with Crippen LogP contribution in [0.2, 0.25) is 5.02 Å². The second-order valence-electron chi connectivity index (χ2n) is 4.19. The van der Waals surface area contributed by atoms with Gasteiger partial charge in [0.1, 0.15) is 0 Å². The minimum absolute atomic E-state index is 0.130. The van der Waals surface area contributed by atoms with Crippen LogP contribution < -0.4 is 10.6 Å². The number of nitrogens with one attached hydrogen (secondary N) is 2. The molecule has 0 aliphatic rings. The van der Waals surface area contributed by atoms with Crippen LogP contribution in [0.4, 0.5) is 5.69 Å². The van der Waals surface area contributed by atoms with Crippen molar-refractivity contribution in [2.24, 2.45) is 0 Å². The van der Waals surface area contributed by atoms with Crippen molar-refractivity contribution < 1.29 is 14.3 Å². The van der Waals surface area contributed by atoms with Crippen LogP contribution >= 0.6 is 11.6 Å². The zero-order valence-corrected chi connectivity index (χ0v) is 12.4. The number of rotatable bonds is 7. The molecule has 0 atom stereocenters. The predicted molar refractivity (Wildman–Crippen MR) is 78.9 cm³/mol. The maximum atomic E-state index is 11.7. The summed E-state index contributed by atoms with van der Waals surface area (Å²) in [5.41, 5.74) is 1.52. The van der Waals surface area contributed by atoms with Crippen LogP contribution in [0.1, 0.15) is 18.9 Å². The van der Waals surface area contributed by atoms with Gasteiger partial charge in [0.05, 0.1) is 19.6 Å². The Hall–Kier alpha value is -1.59. The number of esters is 1. The van der Waals surface area contributed by atoms with Crippen molar-refractivity contribution >= 4 is 29.2 Å². The number of hydrogen-bond acceptors (Lipinski definition) is 4. The largest absolute Gasteiger partial charge is 0.466 e. The molecule has 0 radical (unpaired) electrons. The fourth-order valence-corrected chi connectivity index (χ4v) is 1.74. The highest BCUT2D eigenvalue weighted by molar-refractivity contribution is 6.31. The van der Waals surface area contributed by atoms with Gasteiger partial charge in [-0.1, -0.05) is 17.7 Å². The third-order valence-corrected chi connectivity index (χ3v) is 3.05. The summed E-state index contributed by atoms with van der Waals surface area (Å²) in [5.74, 6) is -0.453. The summed E-state index contributed by atoms with van der Waals surface area (Å²) in [6.45, 7) is 4.50. The molecule has 0 heterocycles. The summed E-state index contributed by atoms with van der Waals surface area (Å²) >= 11 is 5.97. The molecule has 0 aliphatic carbocycles. The molecule has 0 saturated heterocycles. The van der Waals surface area contributed by atoms with E-state index in [1.807, 2.05) is 6.92 Å². The van der Waals surface area contributed by atoms with Crippen LogP contribution in [0.5, 0.6) is 0 Å². The topological polar surface area (TPSA) is 67.4 Å². The number of carbonyl (C=O) groups excluding carboxylic acids is 2. The molecule has 1 aromatic carbocycles. The van der Waals surface area contributed by atoms with E-state index < -0.39 is 0 Å². The summed E-state index contributed by atoms with van der Waals surface area (Å²) in [5, 5.41) is 6.25. The molecule has 0 spiro atoms. The van der Waals surface area contributed by atoms with E-state index >= 15 is 0 Å². The first-order chi connectivity index (χ1) is 9.54. The Bertz CT molecular complexity index is 477. The molecule has 1 amide bonds. The highest BCUT2D eigenvalue weighted by Crippen LogP contribution is 2.22. The van der Waals surface area contributed by atoms with Gasteiger partial charge in [-0.2, -0.15) is 0 Å². The Kier molecular flexibility index (Phi) is 7.04. The summed E-state index contributed by atoms with van der Waals surface area (Å²) in [7, 11) is 0. The molecular weight excluding hydrogens is 280 g/mol. The highest BCUT2D eigenvalue weighted by Gasteiger charge is 2.07. The van der Waals surface area contributed by atoms with Gasteiger partial charge in [0.2, 0.25) is 5.91 Å². The number of hydrogen-bond donors (Lipinski definition) is 2. The summed E-state index contributed by atoms with van der Waals surface area (Å²) in [4.78, 5) is 22.8. The van der Waals surface area contributed by atoms with E-state index in [2.05, 4.69) is 10.6 Å². The SMILES string of the molecule is CCOC(=O)CCNCC(=O)Nc1cccc(Cl)c1C. The monoisotopic (exact) mass is 298 g/mol. The number of ether oxygens (including phenoxy) is 1. The third-order valence-electron chi connectivity index (χ3n) is 2.64. The van der Waals surface area contributed by atoms with E-state index in [-0.39, 0.29) is 24.8 Å². The van der Waals surface area contributed by atoms with Gasteiger partial charge in [-0.25, -0.2) is 0 Å². The van der Waals surface area contributed by atoms with Crippen molar-refractivity contribution in [2.45, 2.75) is 20.3 Å². The van der Waals surface area contributed by atoms with Crippen molar-refractivity contribution in [3.63, 3.8) is 0 Å². The molecule has 0 aliphatic heterocycles. The zero-order chi connectivity index (χ0) is 15.0. The van der Waals surface area contributed by atoms with Gasteiger partial charge >= 0.3 is 5.97 Å². The lowest BCUT2D eigenvalue weighted by molar-refractivity contribution is -0.143. The van der Waals surface area contributed by atoms with Crippen molar-refractivity contribution in [1.82, 2.24) is 5.32 Å². The maximum absolute atomic E-state index is 11.7. The molecule has 6 heteroatoms. The fourth-order valence-electron chi connectivity index (χ4n) is 1.56. The number of amides is 1. The Morgan fingerprint density at radius 1 is 1.35 bits per heavy atom. The highest BCUT2D eigenvalue weighted by atomic mass is 35.5. The Labute approximate surface area is 123 Å². The first-order valence-electron chi connectivity index (χ1n) is 6.46. The fraction of sp³-hybridized carbons (Fsp3) is 0.429. The summed E-state index contributed by atoms with van der Waals surface area (Å²) < 4.78 is 4.78. The molecule has 0 aromatic heterocycles. The normalized spacial score (nSPS) is 10.2. The lowest BCUT2D eigenvalue weighted by atomic mass is 10.2. The zero-order valence-electron chi connectivity index (χ0n) is 11.7. The molecule has 1 rings (SSSR count). The van der Waals surface area contributed by atoms with Gasteiger partial charge in [0, 0.05) is 17.3 Å². The Balaban J connectivity index is 2.30. The van der Waals surface area contributed by atoms with E-state index in [0.717, 1.165) is 5.56 Å². The molecule has 0 bridgehead atoms. The van der Waals surface area contributed by atoms with Gasteiger partial charge in [0.15, 0.2) is 0 Å². The quantitative estimate of drug-likeness (QED) is 0.598. The summed E-state index contributed by atoms with van der Waals surface area (Å²) in [6, 6.07) is 5.33. The van der Waals surface area contributed by atoms with Gasteiger partial charge in [-0.15, -0.1) is 0 Å². The van der Waals surface area contributed by atoms with Crippen LogP contribution in [0.25, 0.3) is 0 Å². The Morgan fingerprint density at radius 2 is 2.10 bits per heavy atom. The standard InChI is InChI=1S/C14H19ClN2O3/c1-3-20-14(19)7-8-16-9-13(18)17-12-6-4-5-11(15)10(12)2/h4-6,16H,3,7-9H2,1-2H3,(H,17,18). The second kappa shape index (κ2) is 8.55. The number of benzene rings is 1. The smallest absolute Gasteiger partial charge is 0.307 e. The molecule has 20 heavy (non-hydrogen) atoms. The molecule has 0 fully saturated rings. The van der Waals surface area contributed by atoms with Crippen LogP contribution in [0.3, 0.4) is 0 Å². The van der Waals surface area contributed by atoms with Gasteiger partial charge in [-0.3, -0.25) is 9.59 Å². The lowest BCUT2D eigenvalue weighted by Gasteiger charge is -2.10. The number of anilines is 1. The average Bonchev–Trinajstić information content (AvgIpc) is 2.40. The molecule has 0 unspecified atom stereocenters. The lowest BCUT2D eigenvalue weighted by Crippen LogP contribution is -2.30. The first-order valence-corrected chi connectivity index (χ1v) is 6.83. The van der Waals surface area contributed by atoms with Crippen molar-refractivity contribution in [1.29, 1.82) is 0 Å². The van der Waals surface area contributed by atoms with Crippen LogP contribution in [-0.2, 0) is 14.3 Å². The van der Waals surface area contributed by atoms with Gasteiger partial charge in [-0.05, 0) is 31.5 Å².